The van der Waals surface area contributed by atoms with Crippen molar-refractivity contribution in [2.45, 2.75) is 0 Å². The largest absolute Gasteiger partial charge is 0.478 e. The number of hydrogen-bond acceptors (Lipinski definition) is 4. The standard InChI is InChI=1S/C7H6O6S.2Na/c8-7(9)5-3-1-2-4-6(5)13-14(10,11)12;;/h1-4H,(H,8,9)(H,10,11,12);;. The van der Waals surface area contributed by atoms with Crippen LogP contribution in [0.5, 0.6) is 5.75 Å². The summed E-state index contributed by atoms with van der Waals surface area (Å²) in [4.78, 5) is 10.6. The van der Waals surface area contributed by atoms with Crippen molar-refractivity contribution < 1.29 is 27.1 Å². The minimum Gasteiger partial charge on any atom is -0.478 e. The molecular weight excluding hydrogens is 258 g/mol. The Kier molecular flexibility index (Phi) is 9.00. The molecule has 2 N–H and O–H groups in total. The van der Waals surface area contributed by atoms with Gasteiger partial charge in [0.2, 0.25) is 0 Å². The molecule has 0 aliphatic carbocycles. The summed E-state index contributed by atoms with van der Waals surface area (Å²) in [5, 5.41) is 8.61. The summed E-state index contributed by atoms with van der Waals surface area (Å²) in [6.45, 7) is 0. The van der Waals surface area contributed by atoms with Crippen LogP contribution in [-0.4, -0.2) is 83.2 Å². The third-order valence-electron chi connectivity index (χ3n) is 1.31. The molecule has 0 fully saturated rings. The van der Waals surface area contributed by atoms with Crippen LogP contribution in [0.15, 0.2) is 24.3 Å². The van der Waals surface area contributed by atoms with Crippen molar-refractivity contribution in [3.8, 4) is 5.75 Å². The normalized spacial score (nSPS) is 9.56. The molecule has 0 spiro atoms. The smallest absolute Gasteiger partial charge is 0.446 e. The Bertz CT molecular complexity index is 458. The third-order valence-corrected chi connectivity index (χ3v) is 1.70. The number of carboxylic acids is 1. The minimum absolute atomic E-state index is 0. The first-order valence-corrected chi connectivity index (χ1v) is 4.76. The zero-order chi connectivity index (χ0) is 10.8. The van der Waals surface area contributed by atoms with Crippen LogP contribution in [0.3, 0.4) is 0 Å². The number of para-hydroxylation sites is 1. The molecule has 6 nitrogen and oxygen atoms in total. The van der Waals surface area contributed by atoms with E-state index in [1.165, 1.54) is 12.1 Å². The van der Waals surface area contributed by atoms with Gasteiger partial charge in [-0.1, -0.05) is 12.1 Å². The van der Waals surface area contributed by atoms with Crippen molar-refractivity contribution >= 4 is 75.5 Å². The summed E-state index contributed by atoms with van der Waals surface area (Å²) in [6, 6.07) is 5.06. The quantitative estimate of drug-likeness (QED) is 0.579. The summed E-state index contributed by atoms with van der Waals surface area (Å²) in [7, 11) is -4.70. The van der Waals surface area contributed by atoms with Crippen LogP contribution < -0.4 is 4.18 Å². The molecule has 0 aromatic heterocycles. The molecule has 1 aromatic carbocycles. The van der Waals surface area contributed by atoms with Crippen LogP contribution in [0, 0.1) is 0 Å². The van der Waals surface area contributed by atoms with Gasteiger partial charge in [0.05, 0.1) is 0 Å². The Morgan fingerprint density at radius 3 is 2.12 bits per heavy atom. The second-order valence-electron chi connectivity index (χ2n) is 2.31. The van der Waals surface area contributed by atoms with Gasteiger partial charge in [0.25, 0.3) is 0 Å². The van der Waals surface area contributed by atoms with Gasteiger partial charge >= 0.3 is 16.4 Å². The first-order valence-electron chi connectivity index (χ1n) is 3.39. The number of benzene rings is 1. The average Bonchev–Trinajstić information content (AvgIpc) is 2.01. The van der Waals surface area contributed by atoms with Crippen LogP contribution >= 0.6 is 0 Å². The van der Waals surface area contributed by atoms with E-state index in [2.05, 4.69) is 4.18 Å². The van der Waals surface area contributed by atoms with Crippen molar-refractivity contribution in [2.24, 2.45) is 0 Å². The molecule has 0 aliphatic heterocycles. The van der Waals surface area contributed by atoms with Gasteiger partial charge in [0, 0.05) is 59.1 Å². The van der Waals surface area contributed by atoms with Crippen molar-refractivity contribution in [1.82, 2.24) is 0 Å². The fourth-order valence-electron chi connectivity index (χ4n) is 0.829. The number of carbonyl (C=O) groups is 1. The topological polar surface area (TPSA) is 101 Å². The number of rotatable bonds is 3. The average molecular weight is 264 g/mol. The molecule has 0 saturated heterocycles. The van der Waals surface area contributed by atoms with Gasteiger partial charge in [-0.2, -0.15) is 8.42 Å². The molecule has 1 rings (SSSR count). The molecule has 1 aromatic rings. The number of carboxylic acid groups (broad SMARTS) is 1. The molecule has 16 heavy (non-hydrogen) atoms. The predicted octanol–water partition coefficient (Wildman–Crippen LogP) is -0.195. The summed E-state index contributed by atoms with van der Waals surface area (Å²) in [5.41, 5.74) is -0.342. The van der Waals surface area contributed by atoms with Crippen LogP contribution in [0.1, 0.15) is 10.4 Å². The van der Waals surface area contributed by atoms with Crippen molar-refractivity contribution in [2.75, 3.05) is 0 Å². The zero-order valence-corrected chi connectivity index (χ0v) is 13.6. The zero-order valence-electron chi connectivity index (χ0n) is 8.75. The van der Waals surface area contributed by atoms with Gasteiger partial charge in [-0.05, 0) is 12.1 Å². The first-order chi connectivity index (χ1) is 6.40. The van der Waals surface area contributed by atoms with Crippen LogP contribution in [0.25, 0.3) is 0 Å². The third kappa shape index (κ3) is 6.21. The first kappa shape index (κ1) is 18.8. The Balaban J connectivity index is 0. The van der Waals surface area contributed by atoms with E-state index in [1.54, 1.807) is 0 Å². The fraction of sp³-hybridized carbons (Fsp3) is 0. The molecule has 0 aliphatic rings. The minimum atomic E-state index is -4.70. The van der Waals surface area contributed by atoms with E-state index in [1.807, 2.05) is 0 Å². The van der Waals surface area contributed by atoms with E-state index in [-0.39, 0.29) is 64.7 Å². The monoisotopic (exact) mass is 264 g/mol. The summed E-state index contributed by atoms with van der Waals surface area (Å²) >= 11 is 0. The van der Waals surface area contributed by atoms with Gasteiger partial charge in [-0.15, -0.1) is 0 Å². The van der Waals surface area contributed by atoms with Gasteiger partial charge in [0.15, 0.2) is 5.75 Å². The predicted molar refractivity (Wildman–Crippen MR) is 57.1 cm³/mol. The maximum absolute atomic E-state index is 10.6. The molecule has 0 bridgehead atoms. The molecule has 0 saturated carbocycles. The van der Waals surface area contributed by atoms with Crippen LogP contribution in [0.4, 0.5) is 0 Å². The van der Waals surface area contributed by atoms with E-state index < -0.39 is 22.1 Å². The van der Waals surface area contributed by atoms with Crippen molar-refractivity contribution in [3.05, 3.63) is 29.8 Å². The molecule has 9 heteroatoms. The molecular formula is C7H6Na2O6S. The Morgan fingerprint density at radius 1 is 1.19 bits per heavy atom. The van der Waals surface area contributed by atoms with E-state index in [9.17, 15) is 13.2 Å². The summed E-state index contributed by atoms with van der Waals surface area (Å²) < 4.78 is 33.0. The molecule has 0 atom stereocenters. The molecule has 0 amide bonds. The summed E-state index contributed by atoms with van der Waals surface area (Å²) in [6.07, 6.45) is 0. The fourth-order valence-corrected chi connectivity index (χ4v) is 1.20. The van der Waals surface area contributed by atoms with Crippen LogP contribution in [-0.2, 0) is 10.4 Å². The maximum atomic E-state index is 10.6. The molecule has 0 unspecified atom stereocenters. The molecule has 0 heterocycles. The van der Waals surface area contributed by atoms with E-state index in [0.717, 1.165) is 12.1 Å². The van der Waals surface area contributed by atoms with Crippen molar-refractivity contribution in [3.63, 3.8) is 0 Å². The molecule has 2 radical (unpaired) electrons. The number of aromatic carboxylic acids is 1. The second kappa shape index (κ2) is 7.67. The Hall–Kier alpha value is 0.400. The maximum Gasteiger partial charge on any atom is 0.446 e. The number of hydrogen-bond donors (Lipinski definition) is 2. The summed E-state index contributed by atoms with van der Waals surface area (Å²) in [5.74, 6) is -1.77. The van der Waals surface area contributed by atoms with Crippen molar-refractivity contribution in [1.29, 1.82) is 0 Å². The SMILES string of the molecule is O=C(O)c1ccccc1OS(=O)(=O)O.[Na].[Na]. The van der Waals surface area contributed by atoms with Gasteiger partial charge in [-0.25, -0.2) is 4.79 Å². The van der Waals surface area contributed by atoms with Gasteiger partial charge < -0.3 is 9.29 Å². The van der Waals surface area contributed by atoms with E-state index in [4.69, 9.17) is 9.66 Å². The van der Waals surface area contributed by atoms with Crippen LogP contribution in [0.2, 0.25) is 0 Å². The van der Waals surface area contributed by atoms with Gasteiger partial charge in [-0.3, -0.25) is 4.55 Å². The Morgan fingerprint density at radius 2 is 1.69 bits per heavy atom. The van der Waals surface area contributed by atoms with E-state index >= 15 is 0 Å². The molecule has 78 valence electrons. The Labute approximate surface area is 137 Å². The van der Waals surface area contributed by atoms with Gasteiger partial charge in [0.1, 0.15) is 5.56 Å². The second-order valence-corrected chi connectivity index (χ2v) is 3.33. The van der Waals surface area contributed by atoms with E-state index in [0.29, 0.717) is 0 Å².